The van der Waals surface area contributed by atoms with Crippen LogP contribution in [-0.2, 0) is 6.54 Å². The first kappa shape index (κ1) is 21.5. The van der Waals surface area contributed by atoms with Crippen molar-refractivity contribution in [3.63, 3.8) is 0 Å². The molecule has 0 saturated carbocycles. The summed E-state index contributed by atoms with van der Waals surface area (Å²) in [4.78, 5) is 18.0. The van der Waals surface area contributed by atoms with Crippen LogP contribution >= 0.6 is 0 Å². The maximum absolute atomic E-state index is 14.2. The van der Waals surface area contributed by atoms with E-state index in [2.05, 4.69) is 59.9 Å². The second kappa shape index (κ2) is 9.62. The van der Waals surface area contributed by atoms with Gasteiger partial charge in [-0.3, -0.25) is 4.90 Å². The predicted molar refractivity (Wildman–Crippen MR) is 131 cm³/mol. The molecule has 1 aromatic heterocycles. The minimum Gasteiger partial charge on any atom is -0.393 e. The van der Waals surface area contributed by atoms with E-state index in [9.17, 15) is 4.39 Å². The Bertz CT molecular complexity index is 1060. The van der Waals surface area contributed by atoms with Gasteiger partial charge in [0.25, 0.3) is 0 Å². The lowest BCUT2D eigenvalue weighted by Gasteiger charge is -2.38. The van der Waals surface area contributed by atoms with Gasteiger partial charge in [0, 0.05) is 58.9 Å². The van der Waals surface area contributed by atoms with Crippen molar-refractivity contribution in [2.24, 2.45) is 0 Å². The number of anilines is 4. The third kappa shape index (κ3) is 4.71. The van der Waals surface area contributed by atoms with Gasteiger partial charge in [-0.05, 0) is 17.7 Å². The van der Waals surface area contributed by atoms with Gasteiger partial charge >= 0.3 is 0 Å². The number of piperazine rings is 2. The first-order valence-electron chi connectivity index (χ1n) is 11.5. The average molecular weight is 448 g/mol. The smallest absolute Gasteiger partial charge is 0.157 e. The number of nitrogen functional groups attached to an aromatic ring is 1. The van der Waals surface area contributed by atoms with Crippen molar-refractivity contribution in [1.82, 2.24) is 14.9 Å². The Hall–Kier alpha value is -3.39. The lowest BCUT2D eigenvalue weighted by molar-refractivity contribution is 0.249. The van der Waals surface area contributed by atoms with Crippen LogP contribution in [0.5, 0.6) is 0 Å². The minimum atomic E-state index is -0.179. The fourth-order valence-corrected chi connectivity index (χ4v) is 4.71. The molecule has 2 aliphatic heterocycles. The van der Waals surface area contributed by atoms with E-state index in [1.165, 1.54) is 11.6 Å². The highest BCUT2D eigenvalue weighted by atomic mass is 19.1. The summed E-state index contributed by atoms with van der Waals surface area (Å²) in [6, 6.07) is 17.5. The van der Waals surface area contributed by atoms with Crippen LogP contribution in [0.1, 0.15) is 5.56 Å². The molecule has 2 N–H and O–H groups in total. The van der Waals surface area contributed by atoms with Crippen LogP contribution < -0.4 is 20.4 Å². The molecule has 0 amide bonds. The van der Waals surface area contributed by atoms with E-state index < -0.39 is 0 Å². The van der Waals surface area contributed by atoms with E-state index in [1.807, 2.05) is 12.1 Å². The third-order valence-electron chi connectivity index (χ3n) is 6.54. The van der Waals surface area contributed by atoms with Crippen molar-refractivity contribution in [2.45, 2.75) is 6.54 Å². The molecule has 7 nitrogen and oxygen atoms in total. The molecule has 2 fully saturated rings. The Balaban J connectivity index is 1.21. The first-order chi connectivity index (χ1) is 16.2. The summed E-state index contributed by atoms with van der Waals surface area (Å²) in [6.07, 6.45) is 1.61. The van der Waals surface area contributed by atoms with E-state index in [1.54, 1.807) is 12.4 Å². The minimum absolute atomic E-state index is 0.179. The highest BCUT2D eigenvalue weighted by Crippen LogP contribution is 2.31. The fourth-order valence-electron chi connectivity index (χ4n) is 4.71. The molecule has 8 heteroatoms. The number of rotatable bonds is 5. The predicted octanol–water partition coefficient (Wildman–Crippen LogP) is 2.85. The number of para-hydroxylation sites is 1. The summed E-state index contributed by atoms with van der Waals surface area (Å²) in [6.45, 7) is 7.58. The summed E-state index contributed by atoms with van der Waals surface area (Å²) in [5, 5.41) is 0. The Morgan fingerprint density at radius 1 is 0.697 bits per heavy atom. The zero-order valence-electron chi connectivity index (χ0n) is 18.8. The molecule has 3 heterocycles. The highest BCUT2D eigenvalue weighted by Gasteiger charge is 2.25. The molecule has 2 aliphatic rings. The van der Waals surface area contributed by atoms with E-state index in [0.29, 0.717) is 11.4 Å². The van der Waals surface area contributed by atoms with E-state index in [-0.39, 0.29) is 5.82 Å². The monoisotopic (exact) mass is 447 g/mol. The maximum Gasteiger partial charge on any atom is 0.157 e. The molecule has 0 aliphatic carbocycles. The largest absolute Gasteiger partial charge is 0.393 e. The average Bonchev–Trinajstić information content (AvgIpc) is 2.86. The van der Waals surface area contributed by atoms with Gasteiger partial charge in [-0.2, -0.15) is 0 Å². The van der Waals surface area contributed by atoms with Gasteiger partial charge in [-0.1, -0.05) is 42.5 Å². The highest BCUT2D eigenvalue weighted by molar-refractivity contribution is 5.76. The Kier molecular flexibility index (Phi) is 6.26. The van der Waals surface area contributed by atoms with Crippen LogP contribution in [-0.4, -0.2) is 67.2 Å². The van der Waals surface area contributed by atoms with E-state index in [0.717, 1.165) is 70.5 Å². The number of nitrogens with two attached hydrogens (primary N) is 1. The van der Waals surface area contributed by atoms with Crippen molar-refractivity contribution >= 4 is 23.0 Å². The number of benzene rings is 2. The summed E-state index contributed by atoms with van der Waals surface area (Å²) < 4.78 is 14.2. The Labute approximate surface area is 194 Å². The molecular formula is C25H30FN7. The second-order valence-electron chi connectivity index (χ2n) is 8.61. The van der Waals surface area contributed by atoms with Gasteiger partial charge in [0.15, 0.2) is 11.6 Å². The third-order valence-corrected chi connectivity index (χ3v) is 6.54. The summed E-state index contributed by atoms with van der Waals surface area (Å²) >= 11 is 0. The number of hydrogen-bond acceptors (Lipinski definition) is 7. The van der Waals surface area contributed by atoms with Gasteiger partial charge in [0.1, 0.15) is 17.8 Å². The number of hydrogen-bond donors (Lipinski definition) is 1. The van der Waals surface area contributed by atoms with Crippen LogP contribution in [0.3, 0.4) is 0 Å². The molecule has 0 bridgehead atoms. The fraction of sp³-hybridized carbons (Fsp3) is 0.360. The van der Waals surface area contributed by atoms with Gasteiger partial charge in [0.05, 0.1) is 5.69 Å². The quantitative estimate of drug-likeness (QED) is 0.645. The van der Waals surface area contributed by atoms with Crippen LogP contribution in [0, 0.1) is 5.82 Å². The maximum atomic E-state index is 14.2. The Morgan fingerprint density at radius 3 is 1.88 bits per heavy atom. The van der Waals surface area contributed by atoms with Crippen LogP contribution in [0.2, 0.25) is 0 Å². The number of halogens is 1. The lowest BCUT2D eigenvalue weighted by Crippen LogP contribution is -2.48. The normalized spacial score (nSPS) is 17.4. The number of aromatic nitrogens is 2. The standard InChI is InChI=1S/C25H30FN7/c26-21-8-4-5-9-22(21)31-14-16-33(17-15-31)25-23(27)24(28-19-29-25)32-12-10-30(11-13-32)18-20-6-2-1-3-7-20/h1-9,19H,10-18,27H2. The van der Waals surface area contributed by atoms with Crippen molar-refractivity contribution in [1.29, 1.82) is 0 Å². The summed E-state index contributed by atoms with van der Waals surface area (Å²) in [7, 11) is 0. The molecular weight excluding hydrogens is 417 g/mol. The van der Waals surface area contributed by atoms with Crippen LogP contribution in [0.15, 0.2) is 60.9 Å². The van der Waals surface area contributed by atoms with Gasteiger partial charge in [-0.25, -0.2) is 14.4 Å². The summed E-state index contributed by atoms with van der Waals surface area (Å²) in [5.41, 5.74) is 9.20. The van der Waals surface area contributed by atoms with Gasteiger partial charge < -0.3 is 20.4 Å². The van der Waals surface area contributed by atoms with Crippen molar-refractivity contribution in [3.8, 4) is 0 Å². The molecule has 2 aromatic carbocycles. The number of nitrogens with zero attached hydrogens (tertiary/aromatic N) is 6. The van der Waals surface area contributed by atoms with Gasteiger partial charge in [-0.15, -0.1) is 0 Å². The van der Waals surface area contributed by atoms with Crippen molar-refractivity contribution in [2.75, 3.05) is 72.8 Å². The molecule has 0 radical (unpaired) electrons. The lowest BCUT2D eigenvalue weighted by atomic mass is 10.2. The summed E-state index contributed by atoms with van der Waals surface area (Å²) in [5.74, 6) is 1.41. The molecule has 2 saturated heterocycles. The molecule has 5 rings (SSSR count). The van der Waals surface area contributed by atoms with Crippen LogP contribution in [0.4, 0.5) is 27.4 Å². The topological polar surface area (TPSA) is 64.8 Å². The van der Waals surface area contributed by atoms with Crippen molar-refractivity contribution in [3.05, 3.63) is 72.3 Å². The zero-order valence-corrected chi connectivity index (χ0v) is 18.8. The Morgan fingerprint density at radius 2 is 1.24 bits per heavy atom. The molecule has 3 aromatic rings. The first-order valence-corrected chi connectivity index (χ1v) is 11.5. The zero-order chi connectivity index (χ0) is 22.6. The van der Waals surface area contributed by atoms with E-state index >= 15 is 0 Å². The molecule has 0 spiro atoms. The van der Waals surface area contributed by atoms with Crippen LogP contribution in [0.25, 0.3) is 0 Å². The molecule has 0 atom stereocenters. The van der Waals surface area contributed by atoms with Gasteiger partial charge in [0.2, 0.25) is 0 Å². The molecule has 33 heavy (non-hydrogen) atoms. The second-order valence-corrected chi connectivity index (χ2v) is 8.61. The van der Waals surface area contributed by atoms with E-state index in [4.69, 9.17) is 5.73 Å². The van der Waals surface area contributed by atoms with Crippen molar-refractivity contribution < 1.29 is 4.39 Å². The molecule has 172 valence electrons. The molecule has 0 unspecified atom stereocenters. The SMILES string of the molecule is Nc1c(N2CCN(Cc3ccccc3)CC2)ncnc1N1CCN(c2ccccc2F)CC1.